The first-order valence-electron chi connectivity index (χ1n) is 6.59. The normalized spacial score (nSPS) is 43.1. The van der Waals surface area contributed by atoms with E-state index in [1.807, 2.05) is 20.8 Å². The van der Waals surface area contributed by atoms with Crippen molar-refractivity contribution in [3.8, 4) is 0 Å². The molecule has 2 saturated heterocycles. The Bertz CT molecular complexity index is 415. The van der Waals surface area contributed by atoms with Crippen LogP contribution in [-0.4, -0.2) is 46.6 Å². The van der Waals surface area contributed by atoms with Crippen LogP contribution in [0.2, 0.25) is 0 Å². The van der Waals surface area contributed by atoms with Gasteiger partial charge in [0.05, 0.1) is 18.1 Å². The van der Waals surface area contributed by atoms with Gasteiger partial charge in [0.1, 0.15) is 6.04 Å². The molecule has 1 unspecified atom stereocenters. The lowest BCUT2D eigenvalue weighted by atomic mass is 9.85. The highest BCUT2D eigenvalue weighted by molar-refractivity contribution is 5.94. The molecule has 2 amide bonds. The third-order valence-electron chi connectivity index (χ3n) is 4.59. The third kappa shape index (κ3) is 1.43. The molecule has 2 aliphatic heterocycles. The Labute approximate surface area is 107 Å². The van der Waals surface area contributed by atoms with E-state index < -0.39 is 12.1 Å². The van der Waals surface area contributed by atoms with Crippen LogP contribution in [0.1, 0.15) is 27.2 Å². The van der Waals surface area contributed by atoms with Gasteiger partial charge in [-0.1, -0.05) is 20.8 Å². The zero-order valence-corrected chi connectivity index (χ0v) is 11.0. The van der Waals surface area contributed by atoms with E-state index in [9.17, 15) is 14.7 Å². The topological polar surface area (TPSA) is 69.6 Å². The van der Waals surface area contributed by atoms with Crippen LogP contribution < -0.4 is 5.32 Å². The van der Waals surface area contributed by atoms with Crippen LogP contribution in [0, 0.1) is 17.3 Å². The average Bonchev–Trinajstić information content (AvgIpc) is 2.72. The first kappa shape index (κ1) is 12.0. The standard InChI is InChI=1S/C13H20N2O3/c1-13(2,3)10-12(18)15-5-6-4-7(16)9(15)8(6)11(17)14-10/h6-10,16H,4-5H2,1-3H3,(H,14,17)/t6-,7+,8-,9-,10?/m1/s1. The lowest BCUT2D eigenvalue weighted by molar-refractivity contribution is -0.140. The van der Waals surface area contributed by atoms with Gasteiger partial charge in [-0.25, -0.2) is 0 Å². The Morgan fingerprint density at radius 1 is 1.33 bits per heavy atom. The van der Waals surface area contributed by atoms with Gasteiger partial charge in [0.25, 0.3) is 0 Å². The van der Waals surface area contributed by atoms with Gasteiger partial charge in [-0.3, -0.25) is 9.59 Å². The molecule has 5 nitrogen and oxygen atoms in total. The lowest BCUT2D eigenvalue weighted by Gasteiger charge is -2.36. The van der Waals surface area contributed by atoms with Crippen molar-refractivity contribution in [2.45, 2.75) is 45.4 Å². The number of aliphatic hydroxyl groups excluding tert-OH is 1. The molecule has 0 spiro atoms. The molecular formula is C13H20N2O3. The summed E-state index contributed by atoms with van der Waals surface area (Å²) in [6.07, 6.45) is 0.106. The molecule has 3 fully saturated rings. The summed E-state index contributed by atoms with van der Waals surface area (Å²) in [5.74, 6) is -0.175. The molecule has 3 aliphatic rings. The molecule has 3 rings (SSSR count). The molecule has 5 atom stereocenters. The van der Waals surface area contributed by atoms with Gasteiger partial charge in [-0.05, 0) is 17.8 Å². The summed E-state index contributed by atoms with van der Waals surface area (Å²) in [6, 6.07) is -0.779. The molecule has 5 heteroatoms. The molecule has 2 N–H and O–H groups in total. The van der Waals surface area contributed by atoms with Crippen molar-refractivity contribution >= 4 is 11.8 Å². The monoisotopic (exact) mass is 252 g/mol. The summed E-state index contributed by atoms with van der Waals surface area (Å²) in [5, 5.41) is 12.9. The second kappa shape index (κ2) is 3.47. The third-order valence-corrected chi connectivity index (χ3v) is 4.59. The molecule has 2 heterocycles. The molecule has 0 radical (unpaired) electrons. The minimum absolute atomic E-state index is 0.0374. The Kier molecular flexibility index (Phi) is 2.31. The Morgan fingerprint density at radius 3 is 2.61 bits per heavy atom. The minimum atomic E-state index is -0.540. The number of hydrogen-bond acceptors (Lipinski definition) is 3. The van der Waals surface area contributed by atoms with Gasteiger partial charge < -0.3 is 15.3 Å². The predicted octanol–water partition coefficient (Wildman–Crippen LogP) is -0.261. The zero-order chi connectivity index (χ0) is 13.2. The summed E-state index contributed by atoms with van der Waals surface area (Å²) in [5.41, 5.74) is -0.304. The second-order valence-electron chi connectivity index (χ2n) is 6.88. The number of nitrogens with zero attached hydrogens (tertiary/aromatic N) is 1. The van der Waals surface area contributed by atoms with Crippen LogP contribution >= 0.6 is 0 Å². The second-order valence-corrected chi connectivity index (χ2v) is 6.88. The number of carbonyl (C=O) groups excluding carboxylic acids is 2. The van der Waals surface area contributed by atoms with Crippen LogP contribution in [0.5, 0.6) is 0 Å². The first-order valence-corrected chi connectivity index (χ1v) is 6.59. The summed E-state index contributed by atoms with van der Waals surface area (Å²) >= 11 is 0. The number of aliphatic hydroxyl groups is 1. The van der Waals surface area contributed by atoms with E-state index in [0.29, 0.717) is 13.0 Å². The van der Waals surface area contributed by atoms with Crippen molar-refractivity contribution in [1.82, 2.24) is 10.2 Å². The number of hydrogen-bond donors (Lipinski definition) is 2. The fraction of sp³-hybridized carbons (Fsp3) is 0.846. The zero-order valence-electron chi connectivity index (χ0n) is 11.0. The summed E-state index contributed by atoms with van der Waals surface area (Å²) in [4.78, 5) is 26.5. The van der Waals surface area contributed by atoms with Crippen molar-refractivity contribution in [1.29, 1.82) is 0 Å². The molecule has 1 saturated carbocycles. The van der Waals surface area contributed by atoms with E-state index in [-0.39, 0.29) is 35.1 Å². The molecular weight excluding hydrogens is 232 g/mol. The van der Waals surface area contributed by atoms with Gasteiger partial charge >= 0.3 is 0 Å². The molecule has 1 aliphatic carbocycles. The highest BCUT2D eigenvalue weighted by atomic mass is 16.3. The highest BCUT2D eigenvalue weighted by Gasteiger charge is 2.60. The van der Waals surface area contributed by atoms with E-state index in [0.717, 1.165) is 0 Å². The Morgan fingerprint density at radius 2 is 2.00 bits per heavy atom. The number of nitrogens with one attached hydrogen (secondary N) is 1. The van der Waals surface area contributed by atoms with Gasteiger partial charge in [0.15, 0.2) is 0 Å². The van der Waals surface area contributed by atoms with Crippen LogP contribution in [0.25, 0.3) is 0 Å². The van der Waals surface area contributed by atoms with E-state index in [2.05, 4.69) is 5.32 Å². The predicted molar refractivity (Wildman–Crippen MR) is 64.5 cm³/mol. The maximum atomic E-state index is 12.5. The molecule has 4 bridgehead atoms. The number of piperidine rings is 1. The maximum Gasteiger partial charge on any atom is 0.246 e. The van der Waals surface area contributed by atoms with Crippen molar-refractivity contribution in [3.63, 3.8) is 0 Å². The van der Waals surface area contributed by atoms with Gasteiger partial charge in [0.2, 0.25) is 11.8 Å². The molecule has 18 heavy (non-hydrogen) atoms. The Balaban J connectivity index is 1.98. The molecule has 100 valence electrons. The fourth-order valence-corrected chi connectivity index (χ4v) is 3.74. The largest absolute Gasteiger partial charge is 0.391 e. The fourth-order valence-electron chi connectivity index (χ4n) is 3.74. The van der Waals surface area contributed by atoms with Crippen LogP contribution in [0.15, 0.2) is 0 Å². The Hall–Kier alpha value is -1.10. The van der Waals surface area contributed by atoms with Crippen LogP contribution in [-0.2, 0) is 9.59 Å². The maximum absolute atomic E-state index is 12.5. The van der Waals surface area contributed by atoms with Crippen LogP contribution in [0.3, 0.4) is 0 Å². The van der Waals surface area contributed by atoms with Gasteiger partial charge in [0, 0.05) is 6.54 Å². The van der Waals surface area contributed by atoms with Crippen molar-refractivity contribution < 1.29 is 14.7 Å². The van der Waals surface area contributed by atoms with E-state index in [4.69, 9.17) is 0 Å². The highest BCUT2D eigenvalue weighted by Crippen LogP contribution is 2.45. The quantitative estimate of drug-likeness (QED) is 0.624. The first-order chi connectivity index (χ1) is 8.30. The van der Waals surface area contributed by atoms with E-state index >= 15 is 0 Å². The average molecular weight is 252 g/mol. The summed E-state index contributed by atoms with van der Waals surface area (Å²) < 4.78 is 0. The van der Waals surface area contributed by atoms with E-state index in [1.165, 1.54) is 0 Å². The molecule has 0 aromatic carbocycles. The van der Waals surface area contributed by atoms with E-state index in [1.54, 1.807) is 4.90 Å². The summed E-state index contributed by atoms with van der Waals surface area (Å²) in [7, 11) is 0. The van der Waals surface area contributed by atoms with Crippen molar-refractivity contribution in [3.05, 3.63) is 0 Å². The summed E-state index contributed by atoms with van der Waals surface area (Å²) in [6.45, 7) is 6.48. The molecule has 0 aromatic heterocycles. The number of carbonyl (C=O) groups is 2. The molecule has 0 aromatic rings. The SMILES string of the molecule is CC(C)(C)C1NC(=O)[C@@H]2[C@@H]3C[C@H](O)[C@H]2N(C3)C1=O. The minimum Gasteiger partial charge on any atom is -0.391 e. The van der Waals surface area contributed by atoms with Gasteiger partial charge in [-0.15, -0.1) is 0 Å². The number of rotatable bonds is 0. The van der Waals surface area contributed by atoms with Gasteiger partial charge in [-0.2, -0.15) is 0 Å². The number of amides is 2. The lowest BCUT2D eigenvalue weighted by Crippen LogP contribution is -2.55. The van der Waals surface area contributed by atoms with Crippen molar-refractivity contribution in [2.75, 3.05) is 6.54 Å². The smallest absolute Gasteiger partial charge is 0.246 e. The van der Waals surface area contributed by atoms with Crippen molar-refractivity contribution in [2.24, 2.45) is 17.3 Å². The van der Waals surface area contributed by atoms with Crippen LogP contribution in [0.4, 0.5) is 0 Å².